The third-order valence-corrected chi connectivity index (χ3v) is 5.04. The zero-order valence-electron chi connectivity index (χ0n) is 16.2. The Morgan fingerprint density at radius 2 is 1.74 bits per heavy atom. The molecule has 142 valence electrons. The summed E-state index contributed by atoms with van der Waals surface area (Å²) >= 11 is 0. The van der Waals surface area contributed by atoms with Gasteiger partial charge in [-0.1, -0.05) is 23.8 Å². The van der Waals surface area contributed by atoms with E-state index in [1.165, 1.54) is 0 Å². The standard InChI is InChI=1S/C22H26N2O3/c1-16-7-8-17(2)20(13-16)21(25)15-23-9-11-24(12-10-23)22(26)18-5-4-6-19(14-18)27-3/h4-8,13-14H,9-12,15H2,1-3H3. The molecular formula is C22H26N2O3. The second-order valence-corrected chi connectivity index (χ2v) is 7.04. The predicted octanol–water partition coefficient (Wildman–Crippen LogP) is 2.95. The number of carbonyl (C=O) groups excluding carboxylic acids is 2. The lowest BCUT2D eigenvalue weighted by atomic mass is 10.0. The fourth-order valence-corrected chi connectivity index (χ4v) is 3.37. The Balaban J connectivity index is 1.57. The van der Waals surface area contributed by atoms with Gasteiger partial charge in [0, 0.05) is 37.3 Å². The lowest BCUT2D eigenvalue weighted by molar-refractivity contribution is 0.0624. The Kier molecular flexibility index (Phi) is 5.91. The maximum atomic E-state index is 12.7. The molecule has 5 nitrogen and oxygen atoms in total. The van der Waals surface area contributed by atoms with Crippen LogP contribution in [0.4, 0.5) is 0 Å². The van der Waals surface area contributed by atoms with Crippen LogP contribution in [-0.2, 0) is 0 Å². The van der Waals surface area contributed by atoms with E-state index in [0.29, 0.717) is 44.0 Å². The molecule has 1 aliphatic heterocycles. The van der Waals surface area contributed by atoms with Crippen molar-refractivity contribution in [2.24, 2.45) is 0 Å². The van der Waals surface area contributed by atoms with Gasteiger partial charge in [-0.2, -0.15) is 0 Å². The molecule has 2 aromatic carbocycles. The average Bonchev–Trinajstić information content (AvgIpc) is 2.69. The molecule has 3 rings (SSSR count). The van der Waals surface area contributed by atoms with Crippen molar-refractivity contribution in [3.63, 3.8) is 0 Å². The third kappa shape index (κ3) is 4.55. The highest BCUT2D eigenvalue weighted by Crippen LogP contribution is 2.16. The van der Waals surface area contributed by atoms with Gasteiger partial charge in [0.2, 0.25) is 0 Å². The van der Waals surface area contributed by atoms with Crippen LogP contribution in [0.25, 0.3) is 0 Å². The first kappa shape index (κ1) is 19.1. The van der Waals surface area contributed by atoms with Crippen LogP contribution in [0.1, 0.15) is 31.8 Å². The molecule has 0 saturated carbocycles. The molecule has 1 fully saturated rings. The highest BCUT2D eigenvalue weighted by molar-refractivity contribution is 5.99. The van der Waals surface area contributed by atoms with Crippen molar-refractivity contribution in [2.45, 2.75) is 13.8 Å². The first-order chi connectivity index (χ1) is 13.0. The summed E-state index contributed by atoms with van der Waals surface area (Å²) in [4.78, 5) is 29.3. The number of methoxy groups -OCH3 is 1. The van der Waals surface area contributed by atoms with Crippen LogP contribution in [0.5, 0.6) is 5.75 Å². The summed E-state index contributed by atoms with van der Waals surface area (Å²) < 4.78 is 5.20. The maximum absolute atomic E-state index is 12.7. The van der Waals surface area contributed by atoms with Gasteiger partial charge in [-0.3, -0.25) is 14.5 Å². The van der Waals surface area contributed by atoms with Crippen LogP contribution in [0.3, 0.4) is 0 Å². The van der Waals surface area contributed by atoms with E-state index >= 15 is 0 Å². The molecule has 0 spiro atoms. The van der Waals surface area contributed by atoms with E-state index in [2.05, 4.69) is 4.90 Å². The smallest absolute Gasteiger partial charge is 0.254 e. The fourth-order valence-electron chi connectivity index (χ4n) is 3.37. The van der Waals surface area contributed by atoms with E-state index in [1.807, 2.05) is 49.1 Å². The van der Waals surface area contributed by atoms with Crippen molar-refractivity contribution in [1.82, 2.24) is 9.80 Å². The van der Waals surface area contributed by atoms with Gasteiger partial charge in [-0.05, 0) is 43.7 Å². The van der Waals surface area contributed by atoms with E-state index in [4.69, 9.17) is 4.74 Å². The van der Waals surface area contributed by atoms with Crippen molar-refractivity contribution < 1.29 is 14.3 Å². The number of ketones is 1. The average molecular weight is 366 g/mol. The largest absolute Gasteiger partial charge is 0.497 e. The molecule has 0 bridgehead atoms. The number of benzene rings is 2. The molecule has 0 unspecified atom stereocenters. The number of Topliss-reactive ketones (excluding diaryl/α,β-unsaturated/α-hetero) is 1. The Morgan fingerprint density at radius 3 is 2.44 bits per heavy atom. The highest BCUT2D eigenvalue weighted by atomic mass is 16.5. The molecule has 1 aliphatic rings. The minimum atomic E-state index is 0.00871. The van der Waals surface area contributed by atoms with Gasteiger partial charge in [-0.25, -0.2) is 0 Å². The van der Waals surface area contributed by atoms with Crippen molar-refractivity contribution >= 4 is 11.7 Å². The molecule has 27 heavy (non-hydrogen) atoms. The monoisotopic (exact) mass is 366 g/mol. The lowest BCUT2D eigenvalue weighted by Gasteiger charge is -2.34. The highest BCUT2D eigenvalue weighted by Gasteiger charge is 2.24. The number of amides is 1. The summed E-state index contributed by atoms with van der Waals surface area (Å²) in [5.74, 6) is 0.830. The SMILES string of the molecule is COc1cccc(C(=O)N2CCN(CC(=O)c3cc(C)ccc3C)CC2)c1. The number of hydrogen-bond donors (Lipinski definition) is 0. The summed E-state index contributed by atoms with van der Waals surface area (Å²) in [6.45, 7) is 7.01. The van der Waals surface area contributed by atoms with Crippen LogP contribution < -0.4 is 4.74 Å². The number of hydrogen-bond acceptors (Lipinski definition) is 4. The molecule has 5 heteroatoms. The molecule has 0 aromatic heterocycles. The summed E-state index contributed by atoms with van der Waals surface area (Å²) in [6.07, 6.45) is 0. The van der Waals surface area contributed by atoms with Gasteiger partial charge in [0.1, 0.15) is 5.75 Å². The molecule has 0 radical (unpaired) electrons. The number of aryl methyl sites for hydroxylation is 2. The molecule has 0 aliphatic carbocycles. The third-order valence-electron chi connectivity index (χ3n) is 5.04. The Labute approximate surface area is 160 Å². The Hall–Kier alpha value is -2.66. The second-order valence-electron chi connectivity index (χ2n) is 7.04. The number of carbonyl (C=O) groups is 2. The molecule has 1 saturated heterocycles. The van der Waals surface area contributed by atoms with E-state index in [0.717, 1.165) is 16.7 Å². The molecule has 2 aromatic rings. The van der Waals surface area contributed by atoms with Gasteiger partial charge in [-0.15, -0.1) is 0 Å². The van der Waals surface area contributed by atoms with Crippen LogP contribution in [-0.4, -0.2) is 61.3 Å². The zero-order valence-corrected chi connectivity index (χ0v) is 16.2. The topological polar surface area (TPSA) is 49.9 Å². The van der Waals surface area contributed by atoms with Crippen LogP contribution in [0.2, 0.25) is 0 Å². The van der Waals surface area contributed by atoms with Crippen LogP contribution in [0.15, 0.2) is 42.5 Å². The minimum absolute atomic E-state index is 0.00871. The number of nitrogens with zero attached hydrogens (tertiary/aromatic N) is 2. The summed E-state index contributed by atoms with van der Waals surface area (Å²) in [5, 5.41) is 0. The normalized spacial score (nSPS) is 14.9. The number of piperazine rings is 1. The second kappa shape index (κ2) is 8.35. The number of rotatable bonds is 5. The fraction of sp³-hybridized carbons (Fsp3) is 0.364. The Bertz CT molecular complexity index is 839. The van der Waals surface area contributed by atoms with E-state index in [9.17, 15) is 9.59 Å². The van der Waals surface area contributed by atoms with E-state index < -0.39 is 0 Å². The van der Waals surface area contributed by atoms with Crippen molar-refractivity contribution in [1.29, 1.82) is 0 Å². The van der Waals surface area contributed by atoms with Crippen LogP contribution in [0, 0.1) is 13.8 Å². The van der Waals surface area contributed by atoms with Gasteiger partial charge in [0.05, 0.1) is 13.7 Å². The van der Waals surface area contributed by atoms with E-state index in [1.54, 1.807) is 19.2 Å². The predicted molar refractivity (Wildman–Crippen MR) is 106 cm³/mol. The van der Waals surface area contributed by atoms with Crippen molar-refractivity contribution in [2.75, 3.05) is 39.8 Å². The minimum Gasteiger partial charge on any atom is -0.497 e. The first-order valence-electron chi connectivity index (χ1n) is 9.24. The first-order valence-corrected chi connectivity index (χ1v) is 9.24. The summed E-state index contributed by atoms with van der Waals surface area (Å²) in [5.41, 5.74) is 3.54. The summed E-state index contributed by atoms with van der Waals surface area (Å²) in [6, 6.07) is 13.2. The van der Waals surface area contributed by atoms with Gasteiger partial charge in [0.15, 0.2) is 5.78 Å². The van der Waals surface area contributed by atoms with Crippen molar-refractivity contribution in [3.8, 4) is 5.75 Å². The van der Waals surface area contributed by atoms with Gasteiger partial charge in [0.25, 0.3) is 5.91 Å². The molecule has 1 amide bonds. The quantitative estimate of drug-likeness (QED) is 0.764. The van der Waals surface area contributed by atoms with E-state index in [-0.39, 0.29) is 11.7 Å². The molecule has 0 N–H and O–H groups in total. The number of ether oxygens (including phenoxy) is 1. The van der Waals surface area contributed by atoms with Gasteiger partial charge >= 0.3 is 0 Å². The zero-order chi connectivity index (χ0) is 19.4. The maximum Gasteiger partial charge on any atom is 0.254 e. The molecular weight excluding hydrogens is 340 g/mol. The molecule has 0 atom stereocenters. The Morgan fingerprint density at radius 1 is 1.00 bits per heavy atom. The van der Waals surface area contributed by atoms with Crippen LogP contribution >= 0.6 is 0 Å². The summed E-state index contributed by atoms with van der Waals surface area (Å²) in [7, 11) is 1.59. The van der Waals surface area contributed by atoms with Gasteiger partial charge < -0.3 is 9.64 Å². The lowest BCUT2D eigenvalue weighted by Crippen LogP contribution is -2.49. The molecule has 1 heterocycles. The van der Waals surface area contributed by atoms with Crippen molar-refractivity contribution in [3.05, 3.63) is 64.7 Å².